The zero-order chi connectivity index (χ0) is 13.6. The number of hydrogen-bond acceptors (Lipinski definition) is 2. The van der Waals surface area contributed by atoms with Crippen molar-refractivity contribution in [2.75, 3.05) is 20.1 Å². The standard InChI is InChI=1S/C12H21F3N2O/c1-17(10-6-4-2-3-5-7-10)8-11(18)16-9-12(13,14)15/h10H,2-9H2,1H3,(H,16,18). The molecule has 1 fully saturated rings. The number of nitrogens with zero attached hydrogens (tertiary/aromatic N) is 1. The normalized spacial score (nSPS) is 18.7. The lowest BCUT2D eigenvalue weighted by Gasteiger charge is -2.26. The van der Waals surface area contributed by atoms with Gasteiger partial charge < -0.3 is 5.32 Å². The average Bonchev–Trinajstić information content (AvgIpc) is 2.54. The summed E-state index contributed by atoms with van der Waals surface area (Å²) in [7, 11) is 1.81. The largest absolute Gasteiger partial charge is 0.405 e. The van der Waals surface area contributed by atoms with Crippen molar-refractivity contribution in [1.82, 2.24) is 10.2 Å². The fraction of sp³-hybridized carbons (Fsp3) is 0.917. The molecule has 0 atom stereocenters. The minimum absolute atomic E-state index is 0.0424. The van der Waals surface area contributed by atoms with E-state index < -0.39 is 18.6 Å². The second kappa shape index (κ2) is 6.97. The highest BCUT2D eigenvalue weighted by molar-refractivity contribution is 5.78. The van der Waals surface area contributed by atoms with E-state index in [2.05, 4.69) is 0 Å². The van der Waals surface area contributed by atoms with Gasteiger partial charge in [-0.15, -0.1) is 0 Å². The van der Waals surface area contributed by atoms with Crippen LogP contribution in [0.2, 0.25) is 0 Å². The molecule has 0 saturated heterocycles. The first kappa shape index (κ1) is 15.3. The first-order chi connectivity index (χ1) is 8.38. The van der Waals surface area contributed by atoms with E-state index in [9.17, 15) is 18.0 Å². The second-order valence-electron chi connectivity index (χ2n) is 4.95. The minimum atomic E-state index is -4.34. The summed E-state index contributed by atoms with van der Waals surface area (Å²) >= 11 is 0. The van der Waals surface area contributed by atoms with Crippen LogP contribution < -0.4 is 5.32 Å². The number of amides is 1. The van der Waals surface area contributed by atoms with Gasteiger partial charge in [0.1, 0.15) is 6.54 Å². The number of carbonyl (C=O) groups excluding carboxylic acids is 1. The molecule has 0 aromatic carbocycles. The molecule has 106 valence electrons. The molecule has 1 rings (SSSR count). The lowest BCUT2D eigenvalue weighted by atomic mass is 10.1. The Balaban J connectivity index is 2.29. The van der Waals surface area contributed by atoms with E-state index in [0.29, 0.717) is 6.04 Å². The molecule has 1 saturated carbocycles. The molecule has 0 bridgehead atoms. The number of halogens is 3. The summed E-state index contributed by atoms with van der Waals surface area (Å²) < 4.78 is 35.8. The van der Waals surface area contributed by atoms with Gasteiger partial charge in [0.05, 0.1) is 6.54 Å². The van der Waals surface area contributed by atoms with E-state index in [-0.39, 0.29) is 6.54 Å². The van der Waals surface area contributed by atoms with Crippen LogP contribution >= 0.6 is 0 Å². The summed E-state index contributed by atoms with van der Waals surface area (Å²) in [5.74, 6) is -0.556. The van der Waals surface area contributed by atoms with Crippen molar-refractivity contribution in [3.05, 3.63) is 0 Å². The van der Waals surface area contributed by atoms with Crippen molar-refractivity contribution in [2.45, 2.75) is 50.7 Å². The molecule has 0 spiro atoms. The molecule has 18 heavy (non-hydrogen) atoms. The van der Waals surface area contributed by atoms with Gasteiger partial charge in [-0.2, -0.15) is 13.2 Å². The quantitative estimate of drug-likeness (QED) is 0.792. The molecule has 1 aliphatic rings. The van der Waals surface area contributed by atoms with Crippen molar-refractivity contribution in [2.24, 2.45) is 0 Å². The van der Waals surface area contributed by atoms with E-state index >= 15 is 0 Å². The average molecular weight is 266 g/mol. The Kier molecular flexibility index (Phi) is 5.91. The molecule has 0 aromatic heterocycles. The molecule has 6 heteroatoms. The molecular weight excluding hydrogens is 245 g/mol. The first-order valence-electron chi connectivity index (χ1n) is 6.42. The van der Waals surface area contributed by atoms with Gasteiger partial charge >= 0.3 is 6.18 Å². The number of nitrogens with one attached hydrogen (secondary N) is 1. The summed E-state index contributed by atoms with van der Waals surface area (Å²) in [5.41, 5.74) is 0. The SMILES string of the molecule is CN(CC(=O)NCC(F)(F)F)C1CCCCCC1. The predicted molar refractivity (Wildman–Crippen MR) is 63.2 cm³/mol. The predicted octanol–water partition coefficient (Wildman–Crippen LogP) is 2.32. The van der Waals surface area contributed by atoms with Crippen LogP contribution in [0.5, 0.6) is 0 Å². The molecule has 0 heterocycles. The highest BCUT2D eigenvalue weighted by Crippen LogP contribution is 2.20. The van der Waals surface area contributed by atoms with Crippen molar-refractivity contribution in [1.29, 1.82) is 0 Å². The van der Waals surface area contributed by atoms with Gasteiger partial charge in [0.25, 0.3) is 0 Å². The maximum Gasteiger partial charge on any atom is 0.405 e. The summed E-state index contributed by atoms with van der Waals surface area (Å²) in [6.45, 7) is -1.20. The molecule has 1 N–H and O–H groups in total. The fourth-order valence-corrected chi connectivity index (χ4v) is 2.31. The molecular formula is C12H21F3N2O. The van der Waals surface area contributed by atoms with Crippen molar-refractivity contribution in [3.63, 3.8) is 0 Å². The zero-order valence-corrected chi connectivity index (χ0v) is 10.7. The van der Waals surface area contributed by atoms with Crippen LogP contribution in [0.3, 0.4) is 0 Å². The van der Waals surface area contributed by atoms with Gasteiger partial charge in [0.2, 0.25) is 5.91 Å². The molecule has 0 unspecified atom stereocenters. The molecule has 1 aliphatic carbocycles. The maximum absolute atomic E-state index is 11.9. The Morgan fingerprint density at radius 3 is 2.28 bits per heavy atom. The first-order valence-corrected chi connectivity index (χ1v) is 6.42. The molecule has 3 nitrogen and oxygen atoms in total. The van der Waals surface area contributed by atoms with Crippen LogP contribution in [0.1, 0.15) is 38.5 Å². The minimum Gasteiger partial charge on any atom is -0.346 e. The number of hydrogen-bond donors (Lipinski definition) is 1. The Hall–Kier alpha value is -0.780. The van der Waals surface area contributed by atoms with Gasteiger partial charge in [0.15, 0.2) is 0 Å². The number of alkyl halides is 3. The van der Waals surface area contributed by atoms with Crippen molar-refractivity contribution < 1.29 is 18.0 Å². The fourth-order valence-electron chi connectivity index (χ4n) is 2.31. The Morgan fingerprint density at radius 1 is 1.22 bits per heavy atom. The molecule has 0 aliphatic heterocycles. The Morgan fingerprint density at radius 2 is 1.78 bits per heavy atom. The van der Waals surface area contributed by atoms with E-state index in [1.54, 1.807) is 0 Å². The van der Waals surface area contributed by atoms with Crippen LogP contribution in [0.4, 0.5) is 13.2 Å². The highest BCUT2D eigenvalue weighted by atomic mass is 19.4. The van der Waals surface area contributed by atoms with Crippen molar-refractivity contribution in [3.8, 4) is 0 Å². The smallest absolute Gasteiger partial charge is 0.346 e. The Labute approximate surface area is 106 Å². The van der Waals surface area contributed by atoms with Crippen molar-refractivity contribution >= 4 is 5.91 Å². The van der Waals surface area contributed by atoms with E-state index in [1.807, 2.05) is 17.3 Å². The van der Waals surface area contributed by atoms with Crippen LogP contribution in [0.25, 0.3) is 0 Å². The molecule has 0 aromatic rings. The lowest BCUT2D eigenvalue weighted by molar-refractivity contribution is -0.139. The lowest BCUT2D eigenvalue weighted by Crippen LogP contribution is -2.43. The molecule has 1 amide bonds. The van der Waals surface area contributed by atoms with Gasteiger partial charge in [-0.25, -0.2) is 0 Å². The van der Waals surface area contributed by atoms with Gasteiger partial charge in [-0.1, -0.05) is 25.7 Å². The highest BCUT2D eigenvalue weighted by Gasteiger charge is 2.28. The summed E-state index contributed by atoms with van der Waals surface area (Å²) in [6.07, 6.45) is 2.43. The second-order valence-corrected chi connectivity index (χ2v) is 4.95. The van der Waals surface area contributed by atoms with Crippen LogP contribution in [0.15, 0.2) is 0 Å². The van der Waals surface area contributed by atoms with Crippen LogP contribution in [-0.2, 0) is 4.79 Å². The van der Waals surface area contributed by atoms with E-state index in [0.717, 1.165) is 25.7 Å². The Bertz CT molecular complexity index is 261. The van der Waals surface area contributed by atoms with E-state index in [1.165, 1.54) is 12.8 Å². The third-order valence-corrected chi connectivity index (χ3v) is 3.33. The topological polar surface area (TPSA) is 32.3 Å². The zero-order valence-electron chi connectivity index (χ0n) is 10.7. The summed E-state index contributed by atoms with van der Waals surface area (Å²) in [4.78, 5) is 13.2. The monoisotopic (exact) mass is 266 g/mol. The third kappa shape index (κ3) is 6.23. The van der Waals surface area contributed by atoms with Crippen LogP contribution in [-0.4, -0.2) is 43.2 Å². The van der Waals surface area contributed by atoms with Gasteiger partial charge in [-0.05, 0) is 19.9 Å². The third-order valence-electron chi connectivity index (χ3n) is 3.33. The number of likely N-dealkylation sites (N-methyl/N-ethyl adjacent to an activating group) is 1. The number of carbonyl (C=O) groups is 1. The van der Waals surface area contributed by atoms with Crippen LogP contribution in [0, 0.1) is 0 Å². The van der Waals surface area contributed by atoms with E-state index in [4.69, 9.17) is 0 Å². The molecule has 0 radical (unpaired) electrons. The number of rotatable bonds is 4. The van der Waals surface area contributed by atoms with Gasteiger partial charge in [-0.3, -0.25) is 9.69 Å². The summed E-state index contributed by atoms with van der Waals surface area (Å²) in [5, 5.41) is 1.90. The summed E-state index contributed by atoms with van der Waals surface area (Å²) in [6, 6.07) is 0.323. The maximum atomic E-state index is 11.9. The van der Waals surface area contributed by atoms with Gasteiger partial charge in [0, 0.05) is 6.04 Å².